The van der Waals surface area contributed by atoms with Crippen molar-refractivity contribution in [3.63, 3.8) is 0 Å². The van der Waals surface area contributed by atoms with Crippen LogP contribution in [0.3, 0.4) is 0 Å². The van der Waals surface area contributed by atoms with Gasteiger partial charge in [-0.25, -0.2) is 8.42 Å². The predicted molar refractivity (Wildman–Crippen MR) is 97.4 cm³/mol. The van der Waals surface area contributed by atoms with Crippen LogP contribution in [-0.4, -0.2) is 32.8 Å². The number of sulfonamides is 1. The average molecular weight is 367 g/mol. The average Bonchev–Trinajstić information content (AvgIpc) is 2.66. The molecule has 0 aromatic heterocycles. The third-order valence-corrected chi connectivity index (χ3v) is 5.00. The first-order valence-electron chi connectivity index (χ1n) is 7.65. The van der Waals surface area contributed by atoms with Gasteiger partial charge in [0, 0.05) is 19.2 Å². The van der Waals surface area contributed by atoms with E-state index in [0.29, 0.717) is 12.1 Å². The number of carbonyl (C=O) groups is 1. The van der Waals surface area contributed by atoms with Gasteiger partial charge in [-0.1, -0.05) is 24.1 Å². The summed E-state index contributed by atoms with van der Waals surface area (Å²) in [6.07, 6.45) is 5.07. The summed E-state index contributed by atoms with van der Waals surface area (Å²) in [7, 11) is -2.14. The Morgan fingerprint density at radius 2 is 1.92 bits per heavy atom. The van der Waals surface area contributed by atoms with E-state index in [1.165, 1.54) is 23.1 Å². The number of nitrogens with zero attached hydrogens (tertiary/aromatic N) is 2. The Kier molecular flexibility index (Phi) is 6.13. The van der Waals surface area contributed by atoms with Crippen molar-refractivity contribution < 1.29 is 13.2 Å². The third kappa shape index (κ3) is 4.70. The summed E-state index contributed by atoms with van der Waals surface area (Å²) >= 11 is 0. The van der Waals surface area contributed by atoms with Crippen molar-refractivity contribution >= 4 is 15.9 Å². The summed E-state index contributed by atoms with van der Waals surface area (Å²) in [5.74, 6) is 1.88. The van der Waals surface area contributed by atoms with Crippen LogP contribution in [-0.2, 0) is 16.6 Å². The van der Waals surface area contributed by atoms with E-state index < -0.39 is 10.0 Å². The highest BCUT2D eigenvalue weighted by Crippen LogP contribution is 2.14. The molecule has 2 rings (SSSR count). The molecule has 2 aromatic rings. The van der Waals surface area contributed by atoms with Crippen LogP contribution in [0.5, 0.6) is 0 Å². The van der Waals surface area contributed by atoms with Gasteiger partial charge in [0.25, 0.3) is 5.91 Å². The Balaban J connectivity index is 2.17. The number of nitriles is 1. The SMILES string of the molecule is C#CCNS(=O)(=O)c1cccc(C(=O)N(C)Cc2ccc(C#N)cc2)c1. The van der Waals surface area contributed by atoms with Gasteiger partial charge in [-0.15, -0.1) is 6.42 Å². The number of benzene rings is 2. The Bertz CT molecular complexity index is 984. The summed E-state index contributed by atoms with van der Waals surface area (Å²) < 4.78 is 26.5. The van der Waals surface area contributed by atoms with Crippen molar-refractivity contribution in [1.82, 2.24) is 9.62 Å². The summed E-state index contributed by atoms with van der Waals surface area (Å²) in [5, 5.41) is 8.81. The molecule has 7 heteroatoms. The van der Waals surface area contributed by atoms with Crippen molar-refractivity contribution in [3.05, 3.63) is 65.2 Å². The van der Waals surface area contributed by atoms with Crippen LogP contribution in [0.15, 0.2) is 53.4 Å². The Labute approximate surface area is 153 Å². The molecule has 0 aliphatic heterocycles. The molecule has 1 amide bonds. The Morgan fingerprint density at radius 1 is 1.23 bits per heavy atom. The molecule has 0 unspecified atom stereocenters. The van der Waals surface area contributed by atoms with Gasteiger partial charge in [0.2, 0.25) is 10.0 Å². The van der Waals surface area contributed by atoms with Gasteiger partial charge in [-0.3, -0.25) is 4.79 Å². The zero-order chi connectivity index (χ0) is 19.2. The molecule has 26 heavy (non-hydrogen) atoms. The van der Waals surface area contributed by atoms with Crippen molar-refractivity contribution in [2.24, 2.45) is 0 Å². The van der Waals surface area contributed by atoms with Crippen molar-refractivity contribution in [2.75, 3.05) is 13.6 Å². The topological polar surface area (TPSA) is 90.3 Å². The van der Waals surface area contributed by atoms with E-state index in [0.717, 1.165) is 5.56 Å². The molecule has 0 saturated carbocycles. The van der Waals surface area contributed by atoms with Gasteiger partial charge >= 0.3 is 0 Å². The second-order valence-electron chi connectivity index (χ2n) is 5.53. The first kappa shape index (κ1) is 19.2. The highest BCUT2D eigenvalue weighted by atomic mass is 32.2. The summed E-state index contributed by atoms with van der Waals surface area (Å²) in [6.45, 7) is 0.204. The lowest BCUT2D eigenvalue weighted by atomic mass is 10.1. The van der Waals surface area contributed by atoms with Crippen LogP contribution in [0.1, 0.15) is 21.5 Å². The number of carbonyl (C=O) groups excluding carboxylic acids is 1. The number of terminal acetylenes is 1. The lowest BCUT2D eigenvalue weighted by molar-refractivity contribution is 0.0785. The molecule has 132 valence electrons. The van der Waals surface area contributed by atoms with E-state index in [-0.39, 0.29) is 22.9 Å². The first-order chi connectivity index (χ1) is 12.4. The molecule has 0 saturated heterocycles. The number of amides is 1. The molecule has 6 nitrogen and oxygen atoms in total. The molecule has 0 spiro atoms. The molecule has 0 atom stereocenters. The lowest BCUT2D eigenvalue weighted by Gasteiger charge is -2.18. The summed E-state index contributed by atoms with van der Waals surface area (Å²) in [5.41, 5.74) is 1.66. The van der Waals surface area contributed by atoms with Gasteiger partial charge in [-0.05, 0) is 35.9 Å². The molecule has 0 bridgehead atoms. The minimum Gasteiger partial charge on any atom is -0.337 e. The van der Waals surface area contributed by atoms with Gasteiger partial charge < -0.3 is 4.90 Å². The quantitative estimate of drug-likeness (QED) is 0.788. The fourth-order valence-corrected chi connectivity index (χ4v) is 3.25. The maximum Gasteiger partial charge on any atom is 0.253 e. The van der Waals surface area contributed by atoms with Crippen LogP contribution in [0.4, 0.5) is 0 Å². The van der Waals surface area contributed by atoms with Crippen molar-refractivity contribution in [2.45, 2.75) is 11.4 Å². The highest BCUT2D eigenvalue weighted by Gasteiger charge is 2.17. The summed E-state index contributed by atoms with van der Waals surface area (Å²) in [4.78, 5) is 14.0. The minimum absolute atomic E-state index is 0.0228. The number of hydrogen-bond donors (Lipinski definition) is 1. The largest absolute Gasteiger partial charge is 0.337 e. The van der Waals surface area contributed by atoms with E-state index in [1.54, 1.807) is 37.4 Å². The van der Waals surface area contributed by atoms with Crippen molar-refractivity contribution in [1.29, 1.82) is 5.26 Å². The second-order valence-corrected chi connectivity index (χ2v) is 7.29. The smallest absolute Gasteiger partial charge is 0.253 e. The summed E-state index contributed by atoms with van der Waals surface area (Å²) in [6, 6.07) is 14.7. The maximum absolute atomic E-state index is 12.6. The molecule has 0 radical (unpaired) electrons. The number of nitrogens with one attached hydrogen (secondary N) is 1. The van der Waals surface area contributed by atoms with E-state index in [4.69, 9.17) is 11.7 Å². The van der Waals surface area contributed by atoms with Crippen LogP contribution >= 0.6 is 0 Å². The van der Waals surface area contributed by atoms with Crippen LogP contribution in [0, 0.1) is 23.7 Å². The van der Waals surface area contributed by atoms with Crippen LogP contribution < -0.4 is 4.72 Å². The fraction of sp³-hybridized carbons (Fsp3) is 0.158. The highest BCUT2D eigenvalue weighted by molar-refractivity contribution is 7.89. The molecule has 0 fully saturated rings. The molecular weight excluding hydrogens is 350 g/mol. The molecule has 0 aliphatic rings. The van der Waals surface area contributed by atoms with Gasteiger partial charge in [0.05, 0.1) is 23.1 Å². The number of rotatable bonds is 6. The Morgan fingerprint density at radius 3 is 2.54 bits per heavy atom. The third-order valence-electron chi connectivity index (χ3n) is 3.61. The van der Waals surface area contributed by atoms with Gasteiger partial charge in [-0.2, -0.15) is 9.98 Å². The van der Waals surface area contributed by atoms with E-state index in [2.05, 4.69) is 10.6 Å². The zero-order valence-electron chi connectivity index (χ0n) is 14.1. The molecule has 0 aliphatic carbocycles. The molecule has 2 aromatic carbocycles. The van der Waals surface area contributed by atoms with Gasteiger partial charge in [0.15, 0.2) is 0 Å². The number of hydrogen-bond acceptors (Lipinski definition) is 4. The van der Waals surface area contributed by atoms with Crippen LogP contribution in [0.25, 0.3) is 0 Å². The van der Waals surface area contributed by atoms with Crippen molar-refractivity contribution in [3.8, 4) is 18.4 Å². The fourth-order valence-electron chi connectivity index (χ4n) is 2.27. The predicted octanol–water partition coefficient (Wildman–Crippen LogP) is 1.74. The van der Waals surface area contributed by atoms with Crippen LogP contribution in [0.2, 0.25) is 0 Å². The van der Waals surface area contributed by atoms with E-state index in [9.17, 15) is 13.2 Å². The normalized spacial score (nSPS) is 10.6. The molecular formula is C19H17N3O3S. The molecule has 0 heterocycles. The van der Waals surface area contributed by atoms with E-state index >= 15 is 0 Å². The van der Waals surface area contributed by atoms with E-state index in [1.807, 2.05) is 6.07 Å². The van der Waals surface area contributed by atoms with Gasteiger partial charge in [0.1, 0.15) is 0 Å². The Hall–Kier alpha value is -3.13. The lowest BCUT2D eigenvalue weighted by Crippen LogP contribution is -2.27. The zero-order valence-corrected chi connectivity index (χ0v) is 15.0. The first-order valence-corrected chi connectivity index (χ1v) is 9.13. The second kappa shape index (κ2) is 8.30. The minimum atomic E-state index is -3.76. The monoisotopic (exact) mass is 367 g/mol. The maximum atomic E-state index is 12.6. The molecule has 1 N–H and O–H groups in total. The standard InChI is InChI=1S/C19H17N3O3S/c1-3-11-21-26(24,25)18-6-4-5-17(12-18)19(23)22(2)14-16-9-7-15(13-20)8-10-16/h1,4-10,12,21H,11,14H2,2H3.